The number of carbonyl (C=O) groups excluding carboxylic acids is 1. The Morgan fingerprint density at radius 1 is 1.09 bits per heavy atom. The van der Waals surface area contributed by atoms with Crippen molar-refractivity contribution in [1.29, 1.82) is 0 Å². The number of rotatable bonds is 12. The van der Waals surface area contributed by atoms with Crippen LogP contribution < -0.4 is 14.8 Å². The fourth-order valence-electron chi connectivity index (χ4n) is 2.94. The number of carboxylic acid groups (broad SMARTS) is 1. The van der Waals surface area contributed by atoms with Gasteiger partial charge in [0, 0.05) is 12.1 Å². The van der Waals surface area contributed by atoms with Gasteiger partial charge in [-0.05, 0) is 61.7 Å². The van der Waals surface area contributed by atoms with Crippen molar-refractivity contribution in [2.75, 3.05) is 19.0 Å². The summed E-state index contributed by atoms with van der Waals surface area (Å²) < 4.78 is 21.6. The number of hydrogen-bond donors (Lipinski definition) is 2. The predicted molar refractivity (Wildman–Crippen MR) is 120 cm³/mol. The van der Waals surface area contributed by atoms with E-state index in [0.29, 0.717) is 23.6 Å². The summed E-state index contributed by atoms with van der Waals surface area (Å²) in [5.74, 6) is 0.212. The third kappa shape index (κ3) is 8.11. The highest BCUT2D eigenvalue weighted by atomic mass is 16.5. The summed E-state index contributed by atoms with van der Waals surface area (Å²) in [4.78, 5) is 23.8. The summed E-state index contributed by atoms with van der Waals surface area (Å²) in [6.45, 7) is 6.33. The average Bonchev–Trinajstić information content (AvgIpc) is 2.76. The Kier molecular flexibility index (Phi) is 9.81. The Morgan fingerprint density at radius 2 is 1.81 bits per heavy atom. The first-order valence-corrected chi connectivity index (χ1v) is 10.5. The van der Waals surface area contributed by atoms with Crippen LogP contribution in [0.1, 0.15) is 38.3 Å². The van der Waals surface area contributed by atoms with Crippen LogP contribution in [-0.2, 0) is 27.3 Å². The third-order valence-corrected chi connectivity index (χ3v) is 4.41. The van der Waals surface area contributed by atoms with Crippen molar-refractivity contribution in [3.63, 3.8) is 0 Å². The molecule has 0 aliphatic heterocycles. The van der Waals surface area contributed by atoms with E-state index < -0.39 is 18.2 Å². The molecule has 1 unspecified atom stereocenters. The van der Waals surface area contributed by atoms with Gasteiger partial charge in [-0.1, -0.05) is 19.1 Å². The van der Waals surface area contributed by atoms with Gasteiger partial charge in [-0.25, -0.2) is 9.59 Å². The van der Waals surface area contributed by atoms with Gasteiger partial charge in [0.25, 0.3) is 0 Å². The van der Waals surface area contributed by atoms with Gasteiger partial charge in [0.2, 0.25) is 0 Å². The maximum Gasteiger partial charge on any atom is 0.411 e. The maximum atomic E-state index is 12.2. The largest absolute Gasteiger partial charge is 0.496 e. The number of carbonyl (C=O) groups is 2. The molecule has 2 N–H and O–H groups in total. The summed E-state index contributed by atoms with van der Waals surface area (Å²) in [5.41, 5.74) is 1.89. The van der Waals surface area contributed by atoms with Gasteiger partial charge in [0.05, 0.1) is 19.8 Å². The number of carboxylic acids is 1. The monoisotopic (exact) mass is 445 g/mol. The molecule has 2 aromatic carbocycles. The second-order valence-electron chi connectivity index (χ2n) is 7.44. The number of anilines is 1. The first kappa shape index (κ1) is 25.0. The predicted octanol–water partition coefficient (Wildman–Crippen LogP) is 4.65. The van der Waals surface area contributed by atoms with E-state index in [2.05, 4.69) is 5.32 Å². The number of methoxy groups -OCH3 is 1. The summed E-state index contributed by atoms with van der Waals surface area (Å²) in [5, 5.41) is 12.1. The number of benzene rings is 2. The molecule has 0 saturated carbocycles. The zero-order valence-electron chi connectivity index (χ0n) is 18.9. The van der Waals surface area contributed by atoms with Gasteiger partial charge in [0.15, 0.2) is 6.10 Å². The molecule has 8 heteroatoms. The standard InChI is InChI=1S/C24H31NO7/c1-5-12-30-20-9-6-17(7-10-20)15-31-24(28)25-19-8-11-21(29-4)18(13-19)14-22(23(26)27)32-16(2)3/h6-11,13,16,22H,5,12,14-15H2,1-4H3,(H,25,28)(H,26,27). The molecule has 1 atom stereocenters. The molecule has 0 heterocycles. The van der Waals surface area contributed by atoms with Crippen molar-refractivity contribution < 1.29 is 33.6 Å². The van der Waals surface area contributed by atoms with Crippen molar-refractivity contribution in [3.05, 3.63) is 53.6 Å². The second kappa shape index (κ2) is 12.6. The highest BCUT2D eigenvalue weighted by Gasteiger charge is 2.22. The van der Waals surface area contributed by atoms with Crippen LogP contribution in [0.2, 0.25) is 0 Å². The van der Waals surface area contributed by atoms with Crippen LogP contribution in [0.3, 0.4) is 0 Å². The van der Waals surface area contributed by atoms with Crippen molar-refractivity contribution in [3.8, 4) is 11.5 Å². The van der Waals surface area contributed by atoms with E-state index in [4.69, 9.17) is 18.9 Å². The molecule has 0 aliphatic rings. The summed E-state index contributed by atoms with van der Waals surface area (Å²) >= 11 is 0. The van der Waals surface area contributed by atoms with Gasteiger partial charge >= 0.3 is 12.1 Å². The van der Waals surface area contributed by atoms with Crippen molar-refractivity contribution in [2.45, 2.75) is 52.4 Å². The topological polar surface area (TPSA) is 103 Å². The van der Waals surface area contributed by atoms with Crippen LogP contribution in [0.4, 0.5) is 10.5 Å². The minimum Gasteiger partial charge on any atom is -0.496 e. The molecule has 0 radical (unpaired) electrons. The lowest BCUT2D eigenvalue weighted by Gasteiger charge is -2.18. The minimum absolute atomic E-state index is 0.0910. The SMILES string of the molecule is CCCOc1ccc(COC(=O)Nc2ccc(OC)c(CC(OC(C)C)C(=O)O)c2)cc1. The van der Waals surface area contributed by atoms with Crippen LogP contribution in [0.25, 0.3) is 0 Å². The van der Waals surface area contributed by atoms with E-state index in [1.807, 2.05) is 31.2 Å². The molecule has 0 fully saturated rings. The number of hydrogen-bond acceptors (Lipinski definition) is 6. The molecule has 0 aromatic heterocycles. The molecule has 2 rings (SSSR count). The quantitative estimate of drug-likeness (QED) is 0.490. The van der Waals surface area contributed by atoms with Gasteiger partial charge in [-0.2, -0.15) is 0 Å². The van der Waals surface area contributed by atoms with Crippen LogP contribution in [0.5, 0.6) is 11.5 Å². The highest BCUT2D eigenvalue weighted by molar-refractivity contribution is 5.85. The van der Waals surface area contributed by atoms with Crippen LogP contribution in [0, 0.1) is 0 Å². The lowest BCUT2D eigenvalue weighted by molar-refractivity contribution is -0.153. The molecule has 0 saturated heterocycles. The third-order valence-electron chi connectivity index (χ3n) is 4.41. The molecule has 1 amide bonds. The lowest BCUT2D eigenvalue weighted by Crippen LogP contribution is -2.29. The van der Waals surface area contributed by atoms with Crippen molar-refractivity contribution in [1.82, 2.24) is 0 Å². The first-order chi connectivity index (χ1) is 15.3. The second-order valence-corrected chi connectivity index (χ2v) is 7.44. The van der Waals surface area contributed by atoms with E-state index in [1.165, 1.54) is 7.11 Å². The van der Waals surface area contributed by atoms with Crippen LogP contribution in [0.15, 0.2) is 42.5 Å². The first-order valence-electron chi connectivity index (χ1n) is 10.5. The van der Waals surface area contributed by atoms with Gasteiger partial charge in [0.1, 0.15) is 18.1 Å². The van der Waals surface area contributed by atoms with Gasteiger partial charge in [-0.3, -0.25) is 5.32 Å². The summed E-state index contributed by atoms with van der Waals surface area (Å²) in [6, 6.07) is 12.3. The van der Waals surface area contributed by atoms with Crippen molar-refractivity contribution in [2.24, 2.45) is 0 Å². The Balaban J connectivity index is 1.98. The van der Waals surface area contributed by atoms with E-state index in [9.17, 15) is 14.7 Å². The molecule has 2 aromatic rings. The zero-order valence-corrected chi connectivity index (χ0v) is 18.9. The molecule has 0 bridgehead atoms. The van der Waals surface area contributed by atoms with E-state index in [0.717, 1.165) is 17.7 Å². The Morgan fingerprint density at radius 3 is 2.41 bits per heavy atom. The lowest BCUT2D eigenvalue weighted by atomic mass is 10.1. The van der Waals surface area contributed by atoms with Crippen LogP contribution >= 0.6 is 0 Å². The van der Waals surface area contributed by atoms with E-state index in [1.54, 1.807) is 32.0 Å². The molecule has 174 valence electrons. The van der Waals surface area contributed by atoms with Gasteiger partial charge in [-0.15, -0.1) is 0 Å². The Bertz CT molecular complexity index is 880. The van der Waals surface area contributed by atoms with Crippen molar-refractivity contribution >= 4 is 17.7 Å². The minimum atomic E-state index is -1.07. The average molecular weight is 446 g/mol. The number of amides is 1. The number of aliphatic carboxylic acids is 1. The number of ether oxygens (including phenoxy) is 4. The fourth-order valence-corrected chi connectivity index (χ4v) is 2.94. The molecule has 0 aliphatic carbocycles. The smallest absolute Gasteiger partial charge is 0.411 e. The maximum absolute atomic E-state index is 12.2. The molecule has 8 nitrogen and oxygen atoms in total. The van der Waals surface area contributed by atoms with Gasteiger partial charge < -0.3 is 24.1 Å². The molecule has 0 spiro atoms. The number of nitrogens with one attached hydrogen (secondary N) is 1. The highest BCUT2D eigenvalue weighted by Crippen LogP contribution is 2.25. The van der Waals surface area contributed by atoms with Crippen LogP contribution in [-0.4, -0.2) is 43.1 Å². The molecular weight excluding hydrogens is 414 g/mol. The molecular formula is C24H31NO7. The van der Waals surface area contributed by atoms with E-state index in [-0.39, 0.29) is 19.1 Å². The summed E-state index contributed by atoms with van der Waals surface area (Å²) in [6.07, 6.45) is -0.880. The Labute approximate surface area is 188 Å². The summed E-state index contributed by atoms with van der Waals surface area (Å²) in [7, 11) is 1.50. The zero-order chi connectivity index (χ0) is 23.5. The Hall–Kier alpha value is -3.26. The fraction of sp³-hybridized carbons (Fsp3) is 0.417. The molecule has 32 heavy (non-hydrogen) atoms. The normalized spacial score (nSPS) is 11.7. The van der Waals surface area contributed by atoms with E-state index >= 15 is 0 Å².